The van der Waals surface area contributed by atoms with Crippen LogP contribution in [-0.2, 0) is 22.6 Å². The first kappa shape index (κ1) is 22.5. The van der Waals surface area contributed by atoms with Gasteiger partial charge >= 0.3 is 5.92 Å². The number of alkyl halides is 2. The lowest BCUT2D eigenvalue weighted by molar-refractivity contribution is -0.121. The van der Waals surface area contributed by atoms with E-state index in [1.807, 2.05) is 6.92 Å². The van der Waals surface area contributed by atoms with Crippen LogP contribution < -0.4 is 5.32 Å². The first-order chi connectivity index (χ1) is 15.7. The van der Waals surface area contributed by atoms with Crippen molar-refractivity contribution in [3.63, 3.8) is 0 Å². The van der Waals surface area contributed by atoms with Gasteiger partial charge in [0.15, 0.2) is 0 Å². The molecule has 1 saturated heterocycles. The average molecular weight is 463 g/mol. The van der Waals surface area contributed by atoms with E-state index >= 15 is 0 Å². The van der Waals surface area contributed by atoms with Gasteiger partial charge in [-0.2, -0.15) is 8.78 Å². The number of carbonyl (C=O) groups excluding carboxylic acids is 1. The number of halogens is 2. The monoisotopic (exact) mass is 462 g/mol. The Hall–Kier alpha value is -2.29. The minimum atomic E-state index is -2.99. The number of oxazole rings is 1. The number of piperidine rings is 1. The number of nitrogens with one attached hydrogen (secondary N) is 1. The normalized spacial score (nSPS) is 29.8. The van der Waals surface area contributed by atoms with E-state index in [1.165, 1.54) is 6.07 Å². The van der Waals surface area contributed by atoms with Gasteiger partial charge in [0.05, 0.1) is 11.9 Å². The maximum absolute atomic E-state index is 13.5. The van der Waals surface area contributed by atoms with Crippen LogP contribution in [0.2, 0.25) is 0 Å². The SMILES string of the molecule is Cc1cnc(CC(=O)NC2CCC(CCN3CC4C[C@]4(c4cc(C(C)(F)F)on4)C3)CC2)o1. The lowest BCUT2D eigenvalue weighted by Gasteiger charge is -2.30. The second-order valence-corrected chi connectivity index (χ2v) is 10.4. The molecule has 0 spiro atoms. The van der Waals surface area contributed by atoms with Crippen LogP contribution in [0.15, 0.2) is 21.2 Å². The van der Waals surface area contributed by atoms with Crippen molar-refractivity contribution in [3.8, 4) is 0 Å². The van der Waals surface area contributed by atoms with Gasteiger partial charge in [-0.15, -0.1) is 0 Å². The third-order valence-corrected chi connectivity index (χ3v) is 7.72. The van der Waals surface area contributed by atoms with Crippen molar-refractivity contribution in [1.29, 1.82) is 0 Å². The number of hydrogen-bond donors (Lipinski definition) is 1. The number of rotatable bonds is 8. The summed E-state index contributed by atoms with van der Waals surface area (Å²) < 4.78 is 37.4. The predicted octanol–water partition coefficient (Wildman–Crippen LogP) is 3.96. The minimum absolute atomic E-state index is 0.0289. The first-order valence-corrected chi connectivity index (χ1v) is 12.0. The fraction of sp³-hybridized carbons (Fsp3) is 0.708. The fourth-order valence-corrected chi connectivity index (χ4v) is 5.73. The number of carbonyl (C=O) groups is 1. The van der Waals surface area contributed by atoms with Gasteiger partial charge in [0.2, 0.25) is 17.6 Å². The third kappa shape index (κ3) is 4.83. The highest BCUT2D eigenvalue weighted by Gasteiger charge is 2.62. The van der Waals surface area contributed by atoms with Gasteiger partial charge in [-0.05, 0) is 63.8 Å². The van der Waals surface area contributed by atoms with Crippen molar-refractivity contribution in [2.24, 2.45) is 11.8 Å². The molecule has 3 heterocycles. The topological polar surface area (TPSA) is 84.4 Å². The van der Waals surface area contributed by atoms with Crippen LogP contribution in [0.4, 0.5) is 8.78 Å². The molecular weight excluding hydrogens is 430 g/mol. The number of aryl methyl sites for hydroxylation is 1. The van der Waals surface area contributed by atoms with Crippen LogP contribution in [-0.4, -0.2) is 46.6 Å². The van der Waals surface area contributed by atoms with Crippen molar-refractivity contribution < 1.29 is 22.5 Å². The molecule has 2 aliphatic carbocycles. The van der Waals surface area contributed by atoms with E-state index in [9.17, 15) is 13.6 Å². The summed E-state index contributed by atoms with van der Waals surface area (Å²) in [7, 11) is 0. The zero-order valence-corrected chi connectivity index (χ0v) is 19.3. The standard InChI is InChI=1S/C24H32F2N4O3/c1-15-12-27-22(32-15)10-21(31)28-18-5-3-16(4-6-18)7-8-30-13-17-11-24(17,14-30)19-9-20(33-29-19)23(2,25)26/h9,12,16-18H,3-8,10-11,13-14H2,1-2H3,(H,28,31)/t16?,17?,18?,24-/m0/s1. The van der Waals surface area contributed by atoms with E-state index < -0.39 is 5.92 Å². The van der Waals surface area contributed by atoms with Gasteiger partial charge in [-0.25, -0.2) is 4.98 Å². The molecule has 2 saturated carbocycles. The first-order valence-electron chi connectivity index (χ1n) is 12.0. The number of amides is 1. The number of fused-ring (bicyclic) bond motifs is 1. The highest BCUT2D eigenvalue weighted by molar-refractivity contribution is 5.77. The molecule has 2 aromatic heterocycles. The summed E-state index contributed by atoms with van der Waals surface area (Å²) in [4.78, 5) is 18.8. The van der Waals surface area contributed by atoms with Gasteiger partial charge in [-0.3, -0.25) is 4.79 Å². The zero-order chi connectivity index (χ0) is 23.2. The summed E-state index contributed by atoms with van der Waals surface area (Å²) in [6.45, 7) is 5.58. The summed E-state index contributed by atoms with van der Waals surface area (Å²) in [6, 6.07) is 1.69. The molecular formula is C24H32F2N4O3. The molecule has 9 heteroatoms. The lowest BCUT2D eigenvalue weighted by Crippen LogP contribution is -2.39. The molecule has 1 N–H and O–H groups in total. The van der Waals surface area contributed by atoms with Crippen LogP contribution in [0, 0.1) is 18.8 Å². The van der Waals surface area contributed by atoms with Gasteiger partial charge in [-0.1, -0.05) is 5.16 Å². The van der Waals surface area contributed by atoms with E-state index in [2.05, 4.69) is 20.4 Å². The van der Waals surface area contributed by atoms with Crippen LogP contribution in [0.5, 0.6) is 0 Å². The Morgan fingerprint density at radius 2 is 2.12 bits per heavy atom. The lowest BCUT2D eigenvalue weighted by atomic mass is 9.84. The maximum Gasteiger partial charge on any atom is 0.304 e. The number of nitrogens with zero attached hydrogens (tertiary/aromatic N) is 3. The Morgan fingerprint density at radius 3 is 2.79 bits per heavy atom. The van der Waals surface area contributed by atoms with Crippen LogP contribution in [0.3, 0.4) is 0 Å². The van der Waals surface area contributed by atoms with E-state index in [0.29, 0.717) is 29.2 Å². The quantitative estimate of drug-likeness (QED) is 0.639. The Labute approximate surface area is 192 Å². The molecule has 0 aromatic carbocycles. The molecule has 3 aliphatic rings. The molecule has 3 fully saturated rings. The maximum atomic E-state index is 13.5. The molecule has 0 bridgehead atoms. The van der Waals surface area contributed by atoms with Gasteiger partial charge < -0.3 is 19.2 Å². The van der Waals surface area contributed by atoms with E-state index in [4.69, 9.17) is 8.94 Å². The Balaban J connectivity index is 1.03. The Morgan fingerprint density at radius 1 is 1.33 bits per heavy atom. The van der Waals surface area contributed by atoms with Crippen LogP contribution in [0.1, 0.15) is 68.6 Å². The molecule has 1 amide bonds. The zero-order valence-electron chi connectivity index (χ0n) is 19.3. The molecule has 180 valence electrons. The smallest absolute Gasteiger partial charge is 0.304 e. The highest BCUT2D eigenvalue weighted by atomic mass is 19.3. The molecule has 0 radical (unpaired) electrons. The number of hydrogen-bond acceptors (Lipinski definition) is 6. The molecule has 1 unspecified atom stereocenters. The van der Waals surface area contributed by atoms with E-state index in [1.54, 1.807) is 6.20 Å². The summed E-state index contributed by atoms with van der Waals surface area (Å²) in [5.74, 6) is -1.01. The second-order valence-electron chi connectivity index (χ2n) is 10.4. The number of aromatic nitrogens is 2. The van der Waals surface area contributed by atoms with Crippen LogP contribution in [0.25, 0.3) is 0 Å². The molecule has 2 aromatic rings. The molecule has 2 atom stereocenters. The molecule has 33 heavy (non-hydrogen) atoms. The van der Waals surface area contributed by atoms with Crippen molar-refractivity contribution in [2.75, 3.05) is 19.6 Å². The molecule has 7 nitrogen and oxygen atoms in total. The summed E-state index contributed by atoms with van der Waals surface area (Å²) in [5.41, 5.74) is 0.610. The third-order valence-electron chi connectivity index (χ3n) is 7.72. The van der Waals surface area contributed by atoms with Crippen molar-refractivity contribution in [2.45, 2.75) is 76.2 Å². The van der Waals surface area contributed by atoms with Crippen molar-refractivity contribution in [3.05, 3.63) is 35.4 Å². The van der Waals surface area contributed by atoms with Crippen molar-refractivity contribution >= 4 is 5.91 Å². The van der Waals surface area contributed by atoms with Gasteiger partial charge in [0.25, 0.3) is 0 Å². The van der Waals surface area contributed by atoms with Gasteiger partial charge in [0, 0.05) is 37.5 Å². The fourth-order valence-electron chi connectivity index (χ4n) is 5.73. The van der Waals surface area contributed by atoms with E-state index in [0.717, 1.165) is 65.1 Å². The predicted molar refractivity (Wildman–Crippen MR) is 116 cm³/mol. The Bertz CT molecular complexity index is 992. The average Bonchev–Trinajstić information content (AvgIpc) is 3.18. The number of likely N-dealkylation sites (tertiary alicyclic amines) is 1. The Kier molecular flexibility index (Phi) is 5.79. The van der Waals surface area contributed by atoms with E-state index in [-0.39, 0.29) is 29.5 Å². The van der Waals surface area contributed by atoms with Crippen molar-refractivity contribution in [1.82, 2.24) is 20.4 Å². The van der Waals surface area contributed by atoms with Crippen LogP contribution >= 0.6 is 0 Å². The molecule has 5 rings (SSSR count). The summed E-state index contributed by atoms with van der Waals surface area (Å²) >= 11 is 0. The molecule has 1 aliphatic heterocycles. The summed E-state index contributed by atoms with van der Waals surface area (Å²) in [6.07, 6.45) is 8.20. The minimum Gasteiger partial charge on any atom is -0.445 e. The second kappa shape index (κ2) is 8.49. The largest absolute Gasteiger partial charge is 0.445 e. The summed E-state index contributed by atoms with van der Waals surface area (Å²) in [5, 5.41) is 7.12. The highest BCUT2D eigenvalue weighted by Crippen LogP contribution is 2.59. The van der Waals surface area contributed by atoms with Gasteiger partial charge in [0.1, 0.15) is 12.2 Å².